The van der Waals surface area contributed by atoms with Gasteiger partial charge in [-0.15, -0.1) is 0 Å². The fraction of sp³-hybridized carbons (Fsp3) is 0.263. The van der Waals surface area contributed by atoms with Crippen molar-refractivity contribution in [1.29, 1.82) is 0 Å². The third-order valence-electron chi connectivity index (χ3n) is 4.04. The number of benzene rings is 2. The number of aromatic nitrogens is 1. The molecule has 0 aliphatic heterocycles. The molecule has 0 bridgehead atoms. The zero-order chi connectivity index (χ0) is 17.3. The van der Waals surface area contributed by atoms with Crippen LogP contribution >= 0.6 is 22.9 Å². The van der Waals surface area contributed by atoms with E-state index in [1.807, 2.05) is 50.2 Å². The number of carbonyl (C=O) groups excluding carboxylic acids is 1. The maximum absolute atomic E-state index is 12.6. The second kappa shape index (κ2) is 6.91. The summed E-state index contributed by atoms with van der Waals surface area (Å²) in [6, 6.07) is 11.5. The van der Waals surface area contributed by atoms with Gasteiger partial charge in [0.2, 0.25) is 0 Å². The van der Waals surface area contributed by atoms with Crippen molar-refractivity contribution in [2.24, 2.45) is 4.99 Å². The topological polar surface area (TPSA) is 34.4 Å². The summed E-state index contributed by atoms with van der Waals surface area (Å²) in [5.41, 5.74) is 3.96. The Morgan fingerprint density at radius 2 is 1.96 bits per heavy atom. The molecule has 2 aromatic carbocycles. The Labute approximate surface area is 150 Å². The average Bonchev–Trinajstić information content (AvgIpc) is 2.87. The van der Waals surface area contributed by atoms with E-state index < -0.39 is 0 Å². The average molecular weight is 359 g/mol. The van der Waals surface area contributed by atoms with Gasteiger partial charge in [-0.1, -0.05) is 35.9 Å². The second-order valence-electron chi connectivity index (χ2n) is 5.86. The molecule has 0 saturated carbocycles. The van der Waals surface area contributed by atoms with Gasteiger partial charge in [0.15, 0.2) is 4.80 Å². The number of amides is 1. The Kier molecular flexibility index (Phi) is 4.88. The molecule has 1 heterocycles. The van der Waals surface area contributed by atoms with E-state index in [1.54, 1.807) is 0 Å². The number of nitrogens with zero attached hydrogens (tertiary/aromatic N) is 2. The minimum atomic E-state index is -0.208. The molecular formula is C19H19ClN2OS. The van der Waals surface area contributed by atoms with E-state index >= 15 is 0 Å². The maximum Gasteiger partial charge on any atom is 0.279 e. The Morgan fingerprint density at radius 1 is 1.17 bits per heavy atom. The monoisotopic (exact) mass is 358 g/mol. The van der Waals surface area contributed by atoms with Crippen molar-refractivity contribution in [3.8, 4) is 0 Å². The highest BCUT2D eigenvalue weighted by atomic mass is 35.5. The summed E-state index contributed by atoms with van der Waals surface area (Å²) in [4.78, 5) is 17.7. The fourth-order valence-corrected chi connectivity index (χ4v) is 3.93. The molecule has 0 spiro atoms. The lowest BCUT2D eigenvalue weighted by molar-refractivity contribution is 0.0997. The van der Waals surface area contributed by atoms with Crippen LogP contribution in [0.4, 0.5) is 0 Å². The maximum atomic E-state index is 12.6. The lowest BCUT2D eigenvalue weighted by atomic mass is 10.1. The summed E-state index contributed by atoms with van der Waals surface area (Å²) >= 11 is 7.59. The Hall–Kier alpha value is -1.91. The molecule has 0 unspecified atom stereocenters. The number of thiazole rings is 1. The zero-order valence-electron chi connectivity index (χ0n) is 14.0. The van der Waals surface area contributed by atoms with Gasteiger partial charge in [-0.3, -0.25) is 4.79 Å². The molecule has 24 heavy (non-hydrogen) atoms. The lowest BCUT2D eigenvalue weighted by Crippen LogP contribution is -2.16. The highest BCUT2D eigenvalue weighted by Crippen LogP contribution is 2.22. The standard InChI is InChI=1S/C19H19ClN2OS/c1-4-9-22-16-8-7-15(20)11-17(16)24-19(22)21-18(23)14-6-5-12(2)13(3)10-14/h5-8,10-11H,4,9H2,1-3H3. The first-order valence-electron chi connectivity index (χ1n) is 7.95. The van der Waals surface area contributed by atoms with E-state index in [9.17, 15) is 4.79 Å². The number of halogens is 1. The minimum absolute atomic E-state index is 0.208. The van der Waals surface area contributed by atoms with Crippen LogP contribution in [0, 0.1) is 13.8 Å². The van der Waals surface area contributed by atoms with Crippen molar-refractivity contribution in [2.45, 2.75) is 33.7 Å². The van der Waals surface area contributed by atoms with E-state index in [-0.39, 0.29) is 5.91 Å². The first-order chi connectivity index (χ1) is 11.5. The lowest BCUT2D eigenvalue weighted by Gasteiger charge is -2.03. The molecule has 1 amide bonds. The van der Waals surface area contributed by atoms with E-state index in [2.05, 4.69) is 16.5 Å². The van der Waals surface area contributed by atoms with Gasteiger partial charge in [-0.05, 0) is 61.7 Å². The number of hydrogen-bond donors (Lipinski definition) is 0. The van der Waals surface area contributed by atoms with E-state index in [0.717, 1.165) is 33.5 Å². The van der Waals surface area contributed by atoms with E-state index in [1.165, 1.54) is 16.9 Å². The smallest absolute Gasteiger partial charge is 0.279 e. The Morgan fingerprint density at radius 3 is 2.67 bits per heavy atom. The molecule has 0 saturated heterocycles. The summed E-state index contributed by atoms with van der Waals surface area (Å²) in [5, 5.41) is 0.694. The summed E-state index contributed by atoms with van der Waals surface area (Å²) < 4.78 is 3.14. The quantitative estimate of drug-likeness (QED) is 0.639. The third-order valence-corrected chi connectivity index (χ3v) is 5.32. The van der Waals surface area contributed by atoms with Crippen LogP contribution in [0.15, 0.2) is 41.4 Å². The molecule has 3 nitrogen and oxygen atoms in total. The van der Waals surface area contributed by atoms with Gasteiger partial charge < -0.3 is 4.57 Å². The first-order valence-corrected chi connectivity index (χ1v) is 9.14. The predicted octanol–water partition coefficient (Wildman–Crippen LogP) is 5.12. The Bertz CT molecular complexity index is 985. The number of carbonyl (C=O) groups is 1. The van der Waals surface area contributed by atoms with Crippen LogP contribution in [-0.4, -0.2) is 10.5 Å². The SMILES string of the molecule is CCCn1c(=NC(=O)c2ccc(C)c(C)c2)sc2cc(Cl)ccc21. The van der Waals surface area contributed by atoms with Gasteiger partial charge >= 0.3 is 0 Å². The van der Waals surface area contributed by atoms with Crippen LogP contribution < -0.4 is 4.80 Å². The highest BCUT2D eigenvalue weighted by Gasteiger charge is 2.10. The first kappa shape index (κ1) is 16.9. The molecule has 5 heteroatoms. The molecule has 0 atom stereocenters. The molecule has 3 rings (SSSR count). The highest BCUT2D eigenvalue weighted by molar-refractivity contribution is 7.16. The molecule has 1 aromatic heterocycles. The molecule has 0 aliphatic carbocycles. The third kappa shape index (κ3) is 3.30. The number of rotatable bonds is 3. The van der Waals surface area contributed by atoms with Crippen molar-refractivity contribution >= 4 is 39.1 Å². The summed E-state index contributed by atoms with van der Waals surface area (Å²) in [6.45, 7) is 6.97. The van der Waals surface area contributed by atoms with Crippen molar-refractivity contribution in [2.75, 3.05) is 0 Å². The summed E-state index contributed by atoms with van der Waals surface area (Å²) in [6.07, 6.45) is 0.972. The number of fused-ring (bicyclic) bond motifs is 1. The van der Waals surface area contributed by atoms with Crippen molar-refractivity contribution in [1.82, 2.24) is 4.57 Å². The van der Waals surface area contributed by atoms with Gasteiger partial charge in [0.05, 0.1) is 10.2 Å². The molecule has 0 N–H and O–H groups in total. The largest absolute Gasteiger partial charge is 0.316 e. The molecule has 3 aromatic rings. The molecule has 0 radical (unpaired) electrons. The predicted molar refractivity (Wildman–Crippen MR) is 101 cm³/mol. The number of aryl methyl sites for hydroxylation is 3. The van der Waals surface area contributed by atoms with Crippen molar-refractivity contribution in [3.63, 3.8) is 0 Å². The van der Waals surface area contributed by atoms with Crippen LogP contribution in [0.3, 0.4) is 0 Å². The number of hydrogen-bond acceptors (Lipinski definition) is 2. The molecule has 0 aliphatic rings. The zero-order valence-corrected chi connectivity index (χ0v) is 15.5. The van der Waals surface area contributed by atoms with Crippen LogP contribution in [0.25, 0.3) is 10.2 Å². The van der Waals surface area contributed by atoms with Gasteiger partial charge in [-0.25, -0.2) is 0 Å². The molecular weight excluding hydrogens is 340 g/mol. The summed E-state index contributed by atoms with van der Waals surface area (Å²) in [7, 11) is 0. The van der Waals surface area contributed by atoms with Crippen LogP contribution in [0.2, 0.25) is 5.02 Å². The van der Waals surface area contributed by atoms with Crippen LogP contribution in [0.5, 0.6) is 0 Å². The van der Waals surface area contributed by atoms with Crippen molar-refractivity contribution < 1.29 is 4.79 Å². The van der Waals surface area contributed by atoms with Gasteiger partial charge in [0.1, 0.15) is 0 Å². The van der Waals surface area contributed by atoms with Crippen LogP contribution in [0.1, 0.15) is 34.8 Å². The van der Waals surface area contributed by atoms with Gasteiger partial charge in [-0.2, -0.15) is 4.99 Å². The normalized spacial score (nSPS) is 12.1. The molecule has 0 fully saturated rings. The Balaban J connectivity index is 2.12. The van der Waals surface area contributed by atoms with Gasteiger partial charge in [0.25, 0.3) is 5.91 Å². The molecule has 124 valence electrons. The van der Waals surface area contributed by atoms with E-state index in [4.69, 9.17) is 11.6 Å². The van der Waals surface area contributed by atoms with Crippen LogP contribution in [-0.2, 0) is 6.54 Å². The summed E-state index contributed by atoms with van der Waals surface area (Å²) in [5.74, 6) is -0.208. The van der Waals surface area contributed by atoms with Gasteiger partial charge in [0, 0.05) is 17.1 Å². The van der Waals surface area contributed by atoms with Crippen molar-refractivity contribution in [3.05, 3.63) is 62.9 Å². The fourth-order valence-electron chi connectivity index (χ4n) is 2.60. The second-order valence-corrected chi connectivity index (χ2v) is 7.31. The minimum Gasteiger partial charge on any atom is -0.316 e. The van der Waals surface area contributed by atoms with E-state index in [0.29, 0.717) is 10.6 Å².